The van der Waals surface area contributed by atoms with E-state index in [2.05, 4.69) is 20.9 Å². The van der Waals surface area contributed by atoms with Gasteiger partial charge in [-0.3, -0.25) is 4.79 Å². The Balaban J connectivity index is 1.82. The Labute approximate surface area is 117 Å². The van der Waals surface area contributed by atoms with Crippen LogP contribution in [0.3, 0.4) is 0 Å². The normalized spacial score (nSPS) is 23.0. The summed E-state index contributed by atoms with van der Waals surface area (Å²) in [5, 5.41) is 0. The van der Waals surface area contributed by atoms with Gasteiger partial charge in [0.15, 0.2) is 17.5 Å². The molecule has 4 N–H and O–H groups in total. The van der Waals surface area contributed by atoms with Gasteiger partial charge in [0.1, 0.15) is 0 Å². The lowest BCUT2D eigenvalue weighted by Gasteiger charge is -2.05. The van der Waals surface area contributed by atoms with E-state index in [1.807, 2.05) is 12.1 Å². The van der Waals surface area contributed by atoms with Crippen molar-refractivity contribution in [2.45, 2.75) is 12.3 Å². The van der Waals surface area contributed by atoms with E-state index in [4.69, 9.17) is 20.9 Å². The summed E-state index contributed by atoms with van der Waals surface area (Å²) >= 11 is 3.49. The third-order valence-electron chi connectivity index (χ3n) is 3.24. The summed E-state index contributed by atoms with van der Waals surface area (Å²) in [6.07, 6.45) is 0.744. The molecule has 0 bridgehead atoms. The zero-order chi connectivity index (χ0) is 13.6. The number of nitrogens with zero attached hydrogens (tertiary/aromatic N) is 1. The van der Waals surface area contributed by atoms with Gasteiger partial charge in [-0.05, 0) is 30.0 Å². The standard InChI is InChI=1S/C12H12BrN3O3/c13-8-3-10-9(18-4-19-10)2-6(8)5-1-7(5)11(17)16-12(14)15/h2-3,5,7H,1,4H2,(H4,14,15,16,17). The van der Waals surface area contributed by atoms with Crippen molar-refractivity contribution in [3.63, 3.8) is 0 Å². The minimum Gasteiger partial charge on any atom is -0.454 e. The molecular formula is C12H12BrN3O3. The highest BCUT2D eigenvalue weighted by molar-refractivity contribution is 9.10. The second-order valence-electron chi connectivity index (χ2n) is 4.55. The summed E-state index contributed by atoms with van der Waals surface area (Å²) in [5.41, 5.74) is 11.4. The Hall–Kier alpha value is -1.76. The second kappa shape index (κ2) is 4.41. The lowest BCUT2D eigenvalue weighted by molar-refractivity contribution is -0.119. The molecule has 6 nitrogen and oxygen atoms in total. The zero-order valence-corrected chi connectivity index (χ0v) is 11.5. The van der Waals surface area contributed by atoms with Crippen molar-refractivity contribution >= 4 is 27.8 Å². The highest BCUT2D eigenvalue weighted by atomic mass is 79.9. The fraction of sp³-hybridized carbons (Fsp3) is 0.333. The van der Waals surface area contributed by atoms with E-state index < -0.39 is 0 Å². The van der Waals surface area contributed by atoms with E-state index in [0.29, 0.717) is 11.5 Å². The van der Waals surface area contributed by atoms with Gasteiger partial charge in [0.05, 0.1) is 0 Å². The number of amides is 1. The molecule has 2 unspecified atom stereocenters. The predicted octanol–water partition coefficient (Wildman–Crippen LogP) is 1.08. The van der Waals surface area contributed by atoms with Crippen LogP contribution in [0.25, 0.3) is 0 Å². The topological polar surface area (TPSA) is 99.9 Å². The molecule has 1 heterocycles. The quantitative estimate of drug-likeness (QED) is 0.626. The molecule has 1 fully saturated rings. The molecule has 0 aromatic heterocycles. The maximum atomic E-state index is 11.7. The number of halogens is 1. The first-order chi connectivity index (χ1) is 9.06. The van der Waals surface area contributed by atoms with Crippen molar-refractivity contribution in [1.29, 1.82) is 0 Å². The van der Waals surface area contributed by atoms with Crippen LogP contribution in [0, 0.1) is 5.92 Å². The minimum absolute atomic E-state index is 0.125. The van der Waals surface area contributed by atoms with Crippen LogP contribution in [-0.2, 0) is 4.79 Å². The van der Waals surface area contributed by atoms with Gasteiger partial charge in [-0.1, -0.05) is 15.9 Å². The molecule has 0 saturated heterocycles. The lowest BCUT2D eigenvalue weighted by atomic mass is 10.1. The van der Waals surface area contributed by atoms with Gasteiger partial charge in [-0.25, -0.2) is 0 Å². The monoisotopic (exact) mass is 325 g/mol. The SMILES string of the molecule is NC(N)=NC(=O)C1CC1c1cc2c(cc1Br)OCO2. The Morgan fingerprint density at radius 2 is 2.00 bits per heavy atom. The van der Waals surface area contributed by atoms with Crippen molar-refractivity contribution in [3.8, 4) is 11.5 Å². The van der Waals surface area contributed by atoms with Gasteiger partial charge in [0.25, 0.3) is 5.91 Å². The van der Waals surface area contributed by atoms with E-state index in [1.54, 1.807) is 0 Å². The molecule has 1 aliphatic heterocycles. The first-order valence-corrected chi connectivity index (χ1v) is 6.58. The van der Waals surface area contributed by atoms with E-state index in [0.717, 1.165) is 16.5 Å². The molecule has 0 radical (unpaired) electrons. The van der Waals surface area contributed by atoms with E-state index in [9.17, 15) is 4.79 Å². The molecule has 2 aliphatic rings. The van der Waals surface area contributed by atoms with Gasteiger partial charge < -0.3 is 20.9 Å². The summed E-state index contributed by atoms with van der Waals surface area (Å²) < 4.78 is 11.5. The molecule has 1 saturated carbocycles. The van der Waals surface area contributed by atoms with Crippen LogP contribution in [0.4, 0.5) is 0 Å². The van der Waals surface area contributed by atoms with Gasteiger partial charge >= 0.3 is 0 Å². The predicted molar refractivity (Wildman–Crippen MR) is 71.9 cm³/mol. The Morgan fingerprint density at radius 1 is 1.32 bits per heavy atom. The molecule has 0 spiro atoms. The molecule has 100 valence electrons. The fourth-order valence-corrected chi connectivity index (χ4v) is 2.86. The summed E-state index contributed by atoms with van der Waals surface area (Å²) in [6, 6.07) is 3.76. The fourth-order valence-electron chi connectivity index (χ4n) is 2.24. The van der Waals surface area contributed by atoms with E-state index in [1.165, 1.54) is 0 Å². The number of ether oxygens (including phenoxy) is 2. The molecule has 7 heteroatoms. The van der Waals surface area contributed by atoms with Crippen molar-refractivity contribution in [2.75, 3.05) is 6.79 Å². The van der Waals surface area contributed by atoms with Crippen LogP contribution in [0.15, 0.2) is 21.6 Å². The number of fused-ring (bicyclic) bond motifs is 1. The number of benzene rings is 1. The van der Waals surface area contributed by atoms with Crippen LogP contribution < -0.4 is 20.9 Å². The van der Waals surface area contributed by atoms with Crippen LogP contribution in [0.1, 0.15) is 17.9 Å². The summed E-state index contributed by atoms with van der Waals surface area (Å²) in [6.45, 7) is 0.228. The summed E-state index contributed by atoms with van der Waals surface area (Å²) in [7, 11) is 0. The number of guanidine groups is 1. The number of rotatable bonds is 2. The number of aliphatic imine (C=N–C) groups is 1. The Morgan fingerprint density at radius 3 is 2.68 bits per heavy atom. The molecule has 1 aromatic carbocycles. The van der Waals surface area contributed by atoms with Gasteiger partial charge in [-0.2, -0.15) is 4.99 Å². The Bertz CT molecular complexity index is 584. The smallest absolute Gasteiger partial charge is 0.252 e. The van der Waals surface area contributed by atoms with Crippen LogP contribution in [-0.4, -0.2) is 18.7 Å². The number of hydrogen-bond acceptors (Lipinski definition) is 3. The van der Waals surface area contributed by atoms with Crippen LogP contribution >= 0.6 is 15.9 Å². The maximum Gasteiger partial charge on any atom is 0.252 e. The average molecular weight is 326 g/mol. The van der Waals surface area contributed by atoms with E-state index in [-0.39, 0.29) is 30.5 Å². The van der Waals surface area contributed by atoms with Crippen molar-refractivity contribution in [1.82, 2.24) is 0 Å². The second-order valence-corrected chi connectivity index (χ2v) is 5.40. The first kappa shape index (κ1) is 12.3. The van der Waals surface area contributed by atoms with Crippen molar-refractivity contribution in [2.24, 2.45) is 22.4 Å². The van der Waals surface area contributed by atoms with Gasteiger partial charge in [-0.15, -0.1) is 0 Å². The van der Waals surface area contributed by atoms with Crippen molar-refractivity contribution < 1.29 is 14.3 Å². The first-order valence-electron chi connectivity index (χ1n) is 5.79. The number of nitrogens with two attached hydrogens (primary N) is 2. The Kier molecular flexibility index (Phi) is 2.85. The highest BCUT2D eigenvalue weighted by Gasteiger charge is 2.45. The summed E-state index contributed by atoms with van der Waals surface area (Å²) in [4.78, 5) is 15.3. The zero-order valence-electron chi connectivity index (χ0n) is 9.93. The molecule has 1 amide bonds. The molecule has 1 aromatic rings. The van der Waals surface area contributed by atoms with Crippen LogP contribution in [0.2, 0.25) is 0 Å². The third kappa shape index (κ3) is 2.25. The van der Waals surface area contributed by atoms with Gasteiger partial charge in [0, 0.05) is 10.4 Å². The number of carbonyl (C=O) groups is 1. The average Bonchev–Trinajstić information content (AvgIpc) is 3.00. The molecule has 3 rings (SSSR count). The molecule has 19 heavy (non-hydrogen) atoms. The molecule has 1 aliphatic carbocycles. The molecular weight excluding hydrogens is 314 g/mol. The highest BCUT2D eigenvalue weighted by Crippen LogP contribution is 2.52. The number of hydrogen-bond donors (Lipinski definition) is 2. The number of carbonyl (C=O) groups excluding carboxylic acids is 1. The maximum absolute atomic E-state index is 11.7. The molecule has 2 atom stereocenters. The van der Waals surface area contributed by atoms with Crippen molar-refractivity contribution in [3.05, 3.63) is 22.2 Å². The third-order valence-corrected chi connectivity index (χ3v) is 3.93. The van der Waals surface area contributed by atoms with Gasteiger partial charge in [0.2, 0.25) is 6.79 Å². The van der Waals surface area contributed by atoms with E-state index >= 15 is 0 Å². The largest absolute Gasteiger partial charge is 0.454 e. The summed E-state index contributed by atoms with van der Waals surface area (Å²) in [5.74, 6) is 0.926. The minimum atomic E-state index is -0.269. The van der Waals surface area contributed by atoms with Crippen LogP contribution in [0.5, 0.6) is 11.5 Å². The lowest BCUT2D eigenvalue weighted by Crippen LogP contribution is -2.24.